The summed E-state index contributed by atoms with van der Waals surface area (Å²) in [4.78, 5) is 41.6. The van der Waals surface area contributed by atoms with Gasteiger partial charge in [-0.25, -0.2) is 9.78 Å². The number of nitrogens with one attached hydrogen (secondary N) is 2. The van der Waals surface area contributed by atoms with Crippen LogP contribution < -0.4 is 16.2 Å². The number of amides is 2. The van der Waals surface area contributed by atoms with E-state index in [0.29, 0.717) is 40.6 Å². The molecule has 4 aromatic rings. The summed E-state index contributed by atoms with van der Waals surface area (Å²) in [5.41, 5.74) is 3.66. The number of halogens is 1. The van der Waals surface area contributed by atoms with E-state index in [-0.39, 0.29) is 24.5 Å². The van der Waals surface area contributed by atoms with Crippen molar-refractivity contribution in [2.24, 2.45) is 0 Å². The average Bonchev–Trinajstić information content (AvgIpc) is 2.88. The van der Waals surface area contributed by atoms with Gasteiger partial charge in [0.05, 0.1) is 30.5 Å². The monoisotopic (exact) mass is 518 g/mol. The zero-order chi connectivity index (χ0) is 26.4. The summed E-state index contributed by atoms with van der Waals surface area (Å²) in [5.74, 6) is 0.208. The van der Waals surface area contributed by atoms with Gasteiger partial charge >= 0.3 is 12.0 Å². The van der Waals surface area contributed by atoms with E-state index < -0.39 is 6.03 Å². The highest BCUT2D eigenvalue weighted by Gasteiger charge is 2.12. The predicted molar refractivity (Wildman–Crippen MR) is 145 cm³/mol. The highest BCUT2D eigenvalue weighted by atomic mass is 35.5. The molecule has 2 N–H and O–H groups in total. The van der Waals surface area contributed by atoms with Crippen molar-refractivity contribution in [2.75, 3.05) is 18.5 Å². The van der Waals surface area contributed by atoms with Crippen LogP contribution in [0.3, 0.4) is 0 Å². The van der Waals surface area contributed by atoms with Crippen molar-refractivity contribution in [1.29, 1.82) is 0 Å². The number of aromatic nitrogens is 2. The van der Waals surface area contributed by atoms with Gasteiger partial charge < -0.3 is 15.4 Å². The molecule has 0 saturated carbocycles. The average molecular weight is 519 g/mol. The highest BCUT2D eigenvalue weighted by Crippen LogP contribution is 2.27. The fourth-order valence-electron chi connectivity index (χ4n) is 3.95. The van der Waals surface area contributed by atoms with E-state index in [1.807, 2.05) is 48.5 Å². The molecule has 0 fully saturated rings. The lowest BCUT2D eigenvalue weighted by Gasteiger charge is -2.13. The fraction of sp³-hybridized carbons (Fsp3) is 0.214. The summed E-state index contributed by atoms with van der Waals surface area (Å²) in [6, 6.07) is 20.0. The van der Waals surface area contributed by atoms with Crippen LogP contribution in [0.2, 0.25) is 5.02 Å². The molecule has 1 aromatic heterocycles. The Morgan fingerprint density at radius 3 is 2.54 bits per heavy atom. The molecular formula is C28H27ClN4O4. The number of anilines is 1. The summed E-state index contributed by atoms with van der Waals surface area (Å²) in [5, 5.41) is 6.36. The maximum Gasteiger partial charge on any atom is 0.319 e. The van der Waals surface area contributed by atoms with E-state index in [2.05, 4.69) is 15.6 Å². The van der Waals surface area contributed by atoms with Gasteiger partial charge in [-0.3, -0.25) is 14.2 Å². The molecule has 2 amide bonds. The molecule has 0 atom stereocenters. The van der Waals surface area contributed by atoms with Gasteiger partial charge in [-0.1, -0.05) is 54.1 Å². The van der Waals surface area contributed by atoms with Crippen molar-refractivity contribution in [3.63, 3.8) is 0 Å². The number of ether oxygens (including phenoxy) is 1. The first kappa shape index (κ1) is 25.9. The zero-order valence-corrected chi connectivity index (χ0v) is 21.3. The summed E-state index contributed by atoms with van der Waals surface area (Å²) in [7, 11) is 0. The van der Waals surface area contributed by atoms with Gasteiger partial charge in [0, 0.05) is 22.8 Å². The topological polar surface area (TPSA) is 102 Å². The van der Waals surface area contributed by atoms with Crippen LogP contribution in [0.1, 0.15) is 24.7 Å². The smallest absolute Gasteiger partial charge is 0.319 e. The van der Waals surface area contributed by atoms with E-state index in [0.717, 1.165) is 16.7 Å². The van der Waals surface area contributed by atoms with Crippen molar-refractivity contribution < 1.29 is 14.3 Å². The Morgan fingerprint density at radius 1 is 1.05 bits per heavy atom. The third kappa shape index (κ3) is 6.34. The number of fused-ring (bicyclic) bond motifs is 1. The normalized spacial score (nSPS) is 10.8. The first-order valence-electron chi connectivity index (χ1n) is 11.9. The van der Waals surface area contributed by atoms with E-state index >= 15 is 0 Å². The molecule has 0 radical (unpaired) electrons. The molecule has 190 valence electrons. The first-order chi connectivity index (χ1) is 17.9. The van der Waals surface area contributed by atoms with Gasteiger partial charge in [-0.2, -0.15) is 0 Å². The molecule has 1 heterocycles. The van der Waals surface area contributed by atoms with Crippen LogP contribution >= 0.6 is 11.6 Å². The number of hydrogen-bond acceptors (Lipinski definition) is 5. The number of rotatable bonds is 8. The van der Waals surface area contributed by atoms with Crippen molar-refractivity contribution in [3.05, 3.63) is 93.5 Å². The van der Waals surface area contributed by atoms with Gasteiger partial charge in [0.1, 0.15) is 5.82 Å². The Morgan fingerprint density at radius 2 is 1.81 bits per heavy atom. The number of urea groups is 1. The second-order valence-electron chi connectivity index (χ2n) is 8.39. The quantitative estimate of drug-likeness (QED) is 0.314. The summed E-state index contributed by atoms with van der Waals surface area (Å²) in [6.07, 6.45) is 0.0756. The Bertz CT molecular complexity index is 1500. The molecule has 0 aliphatic carbocycles. The fourth-order valence-corrected chi connectivity index (χ4v) is 4.19. The number of aryl methyl sites for hydroxylation is 1. The van der Waals surface area contributed by atoms with Gasteiger partial charge in [0.2, 0.25) is 0 Å². The van der Waals surface area contributed by atoms with Crippen LogP contribution in [0.15, 0.2) is 71.5 Å². The highest BCUT2D eigenvalue weighted by molar-refractivity contribution is 6.33. The van der Waals surface area contributed by atoms with Crippen LogP contribution in [0.4, 0.5) is 10.5 Å². The van der Waals surface area contributed by atoms with Gasteiger partial charge in [0.15, 0.2) is 0 Å². The maximum absolute atomic E-state index is 13.4. The Kier molecular flexibility index (Phi) is 8.20. The van der Waals surface area contributed by atoms with Gasteiger partial charge in [-0.15, -0.1) is 0 Å². The van der Waals surface area contributed by atoms with E-state index in [1.54, 1.807) is 36.6 Å². The van der Waals surface area contributed by atoms with Crippen LogP contribution in [0, 0.1) is 6.92 Å². The molecule has 0 saturated heterocycles. The maximum atomic E-state index is 13.4. The predicted octanol–water partition coefficient (Wildman–Crippen LogP) is 5.15. The molecule has 0 aliphatic rings. The number of benzene rings is 3. The lowest BCUT2D eigenvalue weighted by atomic mass is 10.0. The molecule has 37 heavy (non-hydrogen) atoms. The van der Waals surface area contributed by atoms with Crippen LogP contribution in [0.25, 0.3) is 22.0 Å². The third-order valence-electron chi connectivity index (χ3n) is 5.80. The summed E-state index contributed by atoms with van der Waals surface area (Å²) in [6.45, 7) is 4.30. The van der Waals surface area contributed by atoms with Gasteiger partial charge in [0.25, 0.3) is 5.56 Å². The minimum atomic E-state index is -0.484. The zero-order valence-electron chi connectivity index (χ0n) is 20.6. The number of carbonyl (C=O) groups is 2. The molecule has 8 nitrogen and oxygen atoms in total. The molecule has 0 bridgehead atoms. The second kappa shape index (κ2) is 11.7. The van der Waals surface area contributed by atoms with Gasteiger partial charge in [-0.05, 0) is 49.2 Å². The Labute approximate surface area is 219 Å². The van der Waals surface area contributed by atoms with E-state index in [1.165, 1.54) is 0 Å². The minimum absolute atomic E-state index is 0.0756. The molecule has 9 heteroatoms. The van der Waals surface area contributed by atoms with E-state index in [9.17, 15) is 14.4 Å². The number of nitrogens with zero attached hydrogens (tertiary/aromatic N) is 2. The minimum Gasteiger partial charge on any atom is -0.466 e. The van der Waals surface area contributed by atoms with Crippen molar-refractivity contribution >= 4 is 40.2 Å². The van der Waals surface area contributed by atoms with E-state index in [4.69, 9.17) is 16.3 Å². The van der Waals surface area contributed by atoms with Crippen molar-refractivity contribution in [3.8, 4) is 11.1 Å². The molecule has 0 unspecified atom stereocenters. The first-order valence-corrected chi connectivity index (χ1v) is 12.3. The van der Waals surface area contributed by atoms with Crippen LogP contribution in [0.5, 0.6) is 0 Å². The molecule has 4 rings (SSSR count). The van der Waals surface area contributed by atoms with Crippen LogP contribution in [-0.4, -0.2) is 34.7 Å². The standard InChI is InChI=1S/C28H27ClN4O4/c1-3-37-26(34)14-15-30-28(36)32-21-12-13-25-23(16-21)27(35)33(18(2)31-25)17-19-8-10-20(11-9-19)22-6-4-5-7-24(22)29/h4-13,16H,3,14-15,17H2,1-2H3,(H2,30,32,36). The molecule has 0 aliphatic heterocycles. The number of hydrogen-bond donors (Lipinski definition) is 2. The summed E-state index contributed by atoms with van der Waals surface area (Å²) < 4.78 is 6.44. The molecule has 0 spiro atoms. The number of carbonyl (C=O) groups excluding carboxylic acids is 2. The molecule has 3 aromatic carbocycles. The molecular weight excluding hydrogens is 492 g/mol. The largest absolute Gasteiger partial charge is 0.466 e. The third-order valence-corrected chi connectivity index (χ3v) is 6.13. The van der Waals surface area contributed by atoms with Crippen LogP contribution in [-0.2, 0) is 16.1 Å². The van der Waals surface area contributed by atoms with Crippen molar-refractivity contribution in [1.82, 2.24) is 14.9 Å². The van der Waals surface area contributed by atoms with Crippen molar-refractivity contribution in [2.45, 2.75) is 26.8 Å². The lowest BCUT2D eigenvalue weighted by molar-refractivity contribution is -0.142. The summed E-state index contributed by atoms with van der Waals surface area (Å²) >= 11 is 6.32. The Hall–Kier alpha value is -4.17. The lowest BCUT2D eigenvalue weighted by Crippen LogP contribution is -2.31. The second-order valence-corrected chi connectivity index (χ2v) is 8.80. The SMILES string of the molecule is CCOC(=O)CCNC(=O)Nc1ccc2nc(C)n(Cc3ccc(-c4ccccc4Cl)cc3)c(=O)c2c1. The Balaban J connectivity index is 1.50. The number of esters is 1.